The third-order valence-corrected chi connectivity index (χ3v) is 5.78. The molecule has 0 unspecified atom stereocenters. The predicted octanol–water partition coefficient (Wildman–Crippen LogP) is 1.43. The van der Waals surface area contributed by atoms with Crippen LogP contribution in [0.3, 0.4) is 0 Å². The number of carbonyl (C=O) groups is 1. The number of hydrogen-bond donors (Lipinski definition) is 1. The van der Waals surface area contributed by atoms with Crippen molar-refractivity contribution >= 4 is 11.6 Å². The van der Waals surface area contributed by atoms with Crippen LogP contribution in [0, 0.1) is 11.8 Å². The molecule has 2 fully saturated rings. The molecule has 1 saturated heterocycles. The molecule has 138 valence electrons. The van der Waals surface area contributed by atoms with Gasteiger partial charge in [0.1, 0.15) is 12.7 Å². The first-order valence-electron chi connectivity index (χ1n) is 9.11. The van der Waals surface area contributed by atoms with Crippen molar-refractivity contribution in [1.82, 2.24) is 19.7 Å². The molecule has 1 N–H and O–H groups in total. The molecule has 1 aliphatic heterocycles. The first-order valence-corrected chi connectivity index (χ1v) is 9.11. The van der Waals surface area contributed by atoms with E-state index in [0.717, 1.165) is 30.8 Å². The zero-order valence-electron chi connectivity index (χ0n) is 15.2. The van der Waals surface area contributed by atoms with Gasteiger partial charge in [-0.25, -0.2) is 9.67 Å². The maximum Gasteiger partial charge on any atom is 0.253 e. The molecule has 4 rings (SSSR count). The van der Waals surface area contributed by atoms with E-state index in [4.69, 9.17) is 0 Å². The van der Waals surface area contributed by atoms with Gasteiger partial charge in [0.05, 0.1) is 12.1 Å². The summed E-state index contributed by atoms with van der Waals surface area (Å²) >= 11 is 0. The molecule has 0 bridgehead atoms. The van der Waals surface area contributed by atoms with Gasteiger partial charge in [-0.3, -0.25) is 4.79 Å². The Morgan fingerprint density at radius 3 is 2.69 bits per heavy atom. The van der Waals surface area contributed by atoms with Gasteiger partial charge in [-0.15, -0.1) is 0 Å². The summed E-state index contributed by atoms with van der Waals surface area (Å²) in [7, 11) is 3.94. The van der Waals surface area contributed by atoms with Crippen LogP contribution in [0.15, 0.2) is 36.9 Å². The van der Waals surface area contributed by atoms with Crippen molar-refractivity contribution in [3.63, 3.8) is 0 Å². The van der Waals surface area contributed by atoms with E-state index in [9.17, 15) is 9.90 Å². The van der Waals surface area contributed by atoms with Crippen molar-refractivity contribution in [2.45, 2.75) is 25.0 Å². The summed E-state index contributed by atoms with van der Waals surface area (Å²) in [6, 6.07) is 7.70. The fourth-order valence-electron chi connectivity index (χ4n) is 4.35. The second-order valence-electron chi connectivity index (χ2n) is 7.66. The summed E-state index contributed by atoms with van der Waals surface area (Å²) in [6.45, 7) is 1.46. The number of fused-ring (bicyclic) bond motifs is 1. The topological polar surface area (TPSA) is 74.5 Å². The number of likely N-dealkylation sites (tertiary alicyclic amines) is 1. The maximum atomic E-state index is 13.0. The van der Waals surface area contributed by atoms with Gasteiger partial charge in [0, 0.05) is 38.4 Å². The number of anilines is 1. The summed E-state index contributed by atoms with van der Waals surface area (Å²) in [5, 5.41) is 14.7. The van der Waals surface area contributed by atoms with E-state index >= 15 is 0 Å². The minimum atomic E-state index is -0.440. The number of nitrogens with zero attached hydrogens (tertiary/aromatic N) is 5. The number of aromatic nitrogens is 3. The van der Waals surface area contributed by atoms with Crippen LogP contribution in [-0.2, 0) is 0 Å². The molecule has 2 aliphatic rings. The summed E-state index contributed by atoms with van der Waals surface area (Å²) in [6.07, 6.45) is 4.26. The van der Waals surface area contributed by atoms with Gasteiger partial charge < -0.3 is 14.9 Å². The molecule has 1 saturated carbocycles. The lowest BCUT2D eigenvalue weighted by atomic mass is 9.77. The minimum Gasteiger partial charge on any atom is -0.391 e. The fraction of sp³-hybridized carbons (Fsp3) is 0.526. The van der Waals surface area contributed by atoms with E-state index in [1.54, 1.807) is 11.0 Å². The number of hydrogen-bond acceptors (Lipinski definition) is 5. The Labute approximate surface area is 153 Å². The summed E-state index contributed by atoms with van der Waals surface area (Å²) in [5.74, 6) is 0.828. The van der Waals surface area contributed by atoms with Gasteiger partial charge in [0.2, 0.25) is 0 Å². The van der Waals surface area contributed by atoms with Gasteiger partial charge in [0.15, 0.2) is 0 Å². The van der Waals surface area contributed by atoms with E-state index in [1.807, 2.05) is 48.2 Å². The lowest BCUT2D eigenvalue weighted by Gasteiger charge is -2.34. The minimum absolute atomic E-state index is 0.0501. The number of benzene rings is 1. The third kappa shape index (κ3) is 3.07. The molecule has 2 heterocycles. The van der Waals surface area contributed by atoms with Crippen molar-refractivity contribution < 1.29 is 9.90 Å². The Bertz CT molecular complexity index is 776. The van der Waals surface area contributed by atoms with E-state index in [1.165, 1.54) is 6.33 Å². The van der Waals surface area contributed by atoms with Crippen LogP contribution < -0.4 is 4.90 Å². The molecule has 0 spiro atoms. The first kappa shape index (κ1) is 17.0. The number of rotatable bonds is 3. The van der Waals surface area contributed by atoms with Crippen molar-refractivity contribution in [3.8, 4) is 0 Å². The van der Waals surface area contributed by atoms with Gasteiger partial charge in [0.25, 0.3) is 5.91 Å². The molecule has 1 aliphatic carbocycles. The lowest BCUT2D eigenvalue weighted by Crippen LogP contribution is -2.36. The van der Waals surface area contributed by atoms with E-state index in [0.29, 0.717) is 18.3 Å². The van der Waals surface area contributed by atoms with Crippen LogP contribution in [0.5, 0.6) is 0 Å². The highest BCUT2D eigenvalue weighted by Crippen LogP contribution is 2.41. The number of aliphatic hydroxyl groups excluding tert-OH is 1. The smallest absolute Gasteiger partial charge is 0.253 e. The molecule has 4 atom stereocenters. The van der Waals surface area contributed by atoms with Crippen LogP contribution in [-0.4, -0.2) is 64.0 Å². The highest BCUT2D eigenvalue weighted by molar-refractivity contribution is 5.95. The van der Waals surface area contributed by atoms with Crippen molar-refractivity contribution in [2.24, 2.45) is 11.8 Å². The second-order valence-corrected chi connectivity index (χ2v) is 7.66. The SMILES string of the molecule is CN(C)c1cccc(C(=O)N2C[C@H]3C[C@@H](n4cncn4)[C@H](O)C[C@H]3C2)c1. The lowest BCUT2D eigenvalue weighted by molar-refractivity contribution is 0.0304. The molecule has 7 heteroatoms. The Hall–Kier alpha value is -2.41. The average molecular weight is 355 g/mol. The molecule has 26 heavy (non-hydrogen) atoms. The van der Waals surface area contributed by atoms with Crippen LogP contribution in [0.1, 0.15) is 29.2 Å². The fourth-order valence-corrected chi connectivity index (χ4v) is 4.35. The molecule has 0 radical (unpaired) electrons. The van der Waals surface area contributed by atoms with Crippen LogP contribution in [0.4, 0.5) is 5.69 Å². The number of aliphatic hydroxyl groups is 1. The van der Waals surface area contributed by atoms with Crippen LogP contribution in [0.25, 0.3) is 0 Å². The quantitative estimate of drug-likeness (QED) is 0.902. The van der Waals surface area contributed by atoms with Gasteiger partial charge in [-0.05, 0) is 42.9 Å². The normalized spacial score (nSPS) is 28.0. The molecular formula is C19H25N5O2. The standard InChI is InChI=1S/C19H25N5O2/c1-22(2)16-5-3-4-13(6-16)19(26)23-9-14-7-17(24-12-20-11-21-24)18(25)8-15(14)10-23/h3-6,11-12,14-15,17-18,25H,7-10H2,1-2H3/t14-,15+,17-,18-/m1/s1. The molecule has 1 amide bonds. The zero-order valence-corrected chi connectivity index (χ0v) is 15.2. The maximum absolute atomic E-state index is 13.0. The number of amides is 1. The molecule has 1 aromatic carbocycles. The molecule has 2 aromatic rings. The van der Waals surface area contributed by atoms with Gasteiger partial charge in [-0.1, -0.05) is 6.07 Å². The summed E-state index contributed by atoms with van der Waals surface area (Å²) in [4.78, 5) is 20.9. The van der Waals surface area contributed by atoms with Gasteiger partial charge >= 0.3 is 0 Å². The highest BCUT2D eigenvalue weighted by atomic mass is 16.3. The third-order valence-electron chi connectivity index (χ3n) is 5.78. The number of carbonyl (C=O) groups excluding carboxylic acids is 1. The van der Waals surface area contributed by atoms with E-state index < -0.39 is 6.10 Å². The van der Waals surface area contributed by atoms with Crippen molar-refractivity contribution in [3.05, 3.63) is 42.5 Å². The second kappa shape index (κ2) is 6.72. The summed E-state index contributed by atoms with van der Waals surface area (Å²) in [5.41, 5.74) is 1.75. The molecular weight excluding hydrogens is 330 g/mol. The largest absolute Gasteiger partial charge is 0.391 e. The zero-order chi connectivity index (χ0) is 18.3. The Balaban J connectivity index is 1.48. The monoisotopic (exact) mass is 355 g/mol. The average Bonchev–Trinajstić information content (AvgIpc) is 3.29. The van der Waals surface area contributed by atoms with Crippen molar-refractivity contribution in [2.75, 3.05) is 32.1 Å². The highest BCUT2D eigenvalue weighted by Gasteiger charge is 2.43. The predicted molar refractivity (Wildman–Crippen MR) is 98.0 cm³/mol. The Morgan fingerprint density at radius 1 is 1.23 bits per heavy atom. The Morgan fingerprint density at radius 2 is 2.00 bits per heavy atom. The molecule has 1 aromatic heterocycles. The van der Waals surface area contributed by atoms with Gasteiger partial charge in [-0.2, -0.15) is 5.10 Å². The van der Waals surface area contributed by atoms with Crippen LogP contribution >= 0.6 is 0 Å². The summed E-state index contributed by atoms with van der Waals surface area (Å²) < 4.78 is 1.76. The van der Waals surface area contributed by atoms with E-state index in [-0.39, 0.29) is 11.9 Å². The first-order chi connectivity index (χ1) is 12.5. The van der Waals surface area contributed by atoms with E-state index in [2.05, 4.69) is 10.1 Å². The molecule has 7 nitrogen and oxygen atoms in total. The van der Waals surface area contributed by atoms with Crippen molar-refractivity contribution in [1.29, 1.82) is 0 Å². The van der Waals surface area contributed by atoms with Crippen LogP contribution in [0.2, 0.25) is 0 Å². The Kier molecular flexibility index (Phi) is 4.40.